The van der Waals surface area contributed by atoms with Crippen LogP contribution in [0.2, 0.25) is 0 Å². The molecule has 6 nitrogen and oxygen atoms in total. The van der Waals surface area contributed by atoms with Crippen molar-refractivity contribution in [1.82, 2.24) is 9.78 Å². The van der Waals surface area contributed by atoms with E-state index in [-0.39, 0.29) is 24.4 Å². The summed E-state index contributed by atoms with van der Waals surface area (Å²) in [4.78, 5) is 26.9. The molecule has 0 fully saturated rings. The van der Waals surface area contributed by atoms with Gasteiger partial charge in [-0.2, -0.15) is 5.10 Å². The molecule has 1 aliphatic heterocycles. The Balaban J connectivity index is 1.60. The summed E-state index contributed by atoms with van der Waals surface area (Å²) < 4.78 is 46.4. The predicted octanol–water partition coefficient (Wildman–Crippen LogP) is 4.33. The average Bonchev–Trinajstić information content (AvgIpc) is 3.27. The van der Waals surface area contributed by atoms with E-state index < -0.39 is 29.9 Å². The second kappa shape index (κ2) is 8.86. The number of fused-ring (bicyclic) bond motifs is 1. The van der Waals surface area contributed by atoms with Crippen molar-refractivity contribution in [2.24, 2.45) is 5.92 Å². The molecule has 1 atom stereocenters. The van der Waals surface area contributed by atoms with Crippen LogP contribution < -0.4 is 4.90 Å². The van der Waals surface area contributed by atoms with Crippen LogP contribution in [0, 0.1) is 11.7 Å². The van der Waals surface area contributed by atoms with Crippen LogP contribution >= 0.6 is 0 Å². The molecule has 0 bridgehead atoms. The number of esters is 1. The number of benzene rings is 2. The molecule has 4 rings (SSSR count). The summed E-state index contributed by atoms with van der Waals surface area (Å²) in [7, 11) is 0. The minimum absolute atomic E-state index is 0.0623. The average molecular weight is 443 g/mol. The van der Waals surface area contributed by atoms with Gasteiger partial charge in [-0.15, -0.1) is 0 Å². The quantitative estimate of drug-likeness (QED) is 0.419. The highest BCUT2D eigenvalue weighted by Gasteiger charge is 2.39. The van der Waals surface area contributed by atoms with Crippen molar-refractivity contribution in [3.63, 3.8) is 0 Å². The Kier molecular flexibility index (Phi) is 5.98. The molecule has 0 aliphatic carbocycles. The van der Waals surface area contributed by atoms with E-state index in [1.807, 2.05) is 0 Å². The lowest BCUT2D eigenvalue weighted by molar-refractivity contribution is -0.145. The molecule has 0 amide bonds. The van der Waals surface area contributed by atoms with Crippen LogP contribution in [0.5, 0.6) is 0 Å². The molecule has 3 aromatic rings. The Morgan fingerprint density at radius 3 is 2.59 bits per heavy atom. The van der Waals surface area contributed by atoms with Crippen LogP contribution in [0.4, 0.5) is 18.9 Å². The number of rotatable bonds is 6. The number of ketones is 1. The van der Waals surface area contributed by atoms with Crippen molar-refractivity contribution in [2.45, 2.75) is 19.9 Å². The number of hydrogen-bond donors (Lipinski definition) is 0. The normalized spacial score (nSPS) is 15.7. The summed E-state index contributed by atoms with van der Waals surface area (Å²) in [5, 5.41) is 3.85. The van der Waals surface area contributed by atoms with Gasteiger partial charge in [0.2, 0.25) is 0 Å². The van der Waals surface area contributed by atoms with Crippen LogP contribution in [0.15, 0.2) is 54.7 Å². The van der Waals surface area contributed by atoms with Crippen LogP contribution in [0.1, 0.15) is 35.0 Å². The smallest absolute Gasteiger partial charge is 0.318 e. The molecule has 32 heavy (non-hydrogen) atoms. The van der Waals surface area contributed by atoms with Crippen LogP contribution in [0.3, 0.4) is 0 Å². The number of Topliss-reactive ketones (excluding diaryl/α,β-unsaturated/α-hetero) is 1. The maximum Gasteiger partial charge on any atom is 0.318 e. The molecule has 0 radical (unpaired) electrons. The molecule has 1 aromatic heterocycles. The number of anilines is 1. The third kappa shape index (κ3) is 4.10. The Labute approximate surface area is 182 Å². The number of carbonyl (C=O) groups excluding carboxylic acids is 2. The minimum atomic E-state index is -2.65. The standard InChI is InChI=1S/C23H20F3N3O3/c1-2-32-23(31)16-13-28(19-5-3-4-17(24)20(19)21(16)30)12-14-6-8-15(9-7-14)29-11-10-18(27-29)22(25)26/h3-11,16,22H,2,12-13H2,1H3. The number of aromatic nitrogens is 2. The third-order valence-electron chi connectivity index (χ3n) is 5.28. The van der Waals surface area contributed by atoms with E-state index in [9.17, 15) is 22.8 Å². The van der Waals surface area contributed by atoms with Gasteiger partial charge in [-0.1, -0.05) is 18.2 Å². The van der Waals surface area contributed by atoms with Gasteiger partial charge >= 0.3 is 5.97 Å². The van der Waals surface area contributed by atoms with Crippen LogP contribution in [0.25, 0.3) is 5.69 Å². The first kappa shape index (κ1) is 21.6. The predicted molar refractivity (Wildman–Crippen MR) is 110 cm³/mol. The second-order valence-corrected chi connectivity index (χ2v) is 7.34. The lowest BCUT2D eigenvalue weighted by Crippen LogP contribution is -2.43. The van der Waals surface area contributed by atoms with Gasteiger partial charge in [0, 0.05) is 19.3 Å². The van der Waals surface area contributed by atoms with Crippen molar-refractivity contribution in [1.29, 1.82) is 0 Å². The minimum Gasteiger partial charge on any atom is -0.465 e. The summed E-state index contributed by atoms with van der Waals surface area (Å²) in [6.45, 7) is 2.13. The Morgan fingerprint density at radius 2 is 1.94 bits per heavy atom. The number of hydrogen-bond acceptors (Lipinski definition) is 5. The third-order valence-corrected chi connectivity index (χ3v) is 5.28. The largest absolute Gasteiger partial charge is 0.465 e. The van der Waals surface area contributed by atoms with Gasteiger partial charge in [-0.25, -0.2) is 17.9 Å². The lowest BCUT2D eigenvalue weighted by atomic mass is 9.90. The molecule has 2 heterocycles. The molecule has 0 N–H and O–H groups in total. The van der Waals surface area contributed by atoms with Crippen molar-refractivity contribution in [2.75, 3.05) is 18.1 Å². The van der Waals surface area contributed by atoms with Gasteiger partial charge in [0.25, 0.3) is 6.43 Å². The number of halogens is 3. The maximum atomic E-state index is 14.5. The van der Waals surface area contributed by atoms with Crippen LogP contribution in [-0.2, 0) is 16.1 Å². The van der Waals surface area contributed by atoms with E-state index >= 15 is 0 Å². The molecule has 166 valence electrons. The number of carbonyl (C=O) groups is 2. The molecular weight excluding hydrogens is 423 g/mol. The first-order valence-corrected chi connectivity index (χ1v) is 10.1. The fourth-order valence-corrected chi connectivity index (χ4v) is 3.74. The van der Waals surface area contributed by atoms with E-state index in [0.717, 1.165) is 5.56 Å². The first-order chi connectivity index (χ1) is 15.4. The molecular formula is C23H20F3N3O3. The second-order valence-electron chi connectivity index (χ2n) is 7.34. The molecule has 2 aromatic carbocycles. The highest BCUT2D eigenvalue weighted by atomic mass is 19.3. The van der Waals surface area contributed by atoms with Gasteiger partial charge in [0.15, 0.2) is 5.78 Å². The Morgan fingerprint density at radius 1 is 1.19 bits per heavy atom. The zero-order valence-corrected chi connectivity index (χ0v) is 17.2. The molecule has 0 saturated carbocycles. The van der Waals surface area contributed by atoms with E-state index in [0.29, 0.717) is 17.9 Å². The summed E-state index contributed by atoms with van der Waals surface area (Å²) in [6, 6.07) is 12.6. The Hall–Kier alpha value is -3.62. The van der Waals surface area contributed by atoms with Crippen molar-refractivity contribution >= 4 is 17.4 Å². The van der Waals surface area contributed by atoms with Crippen molar-refractivity contribution < 1.29 is 27.5 Å². The fourth-order valence-electron chi connectivity index (χ4n) is 3.74. The number of nitrogens with zero attached hydrogens (tertiary/aromatic N) is 3. The van der Waals surface area contributed by atoms with E-state index in [1.54, 1.807) is 42.2 Å². The molecule has 0 saturated heterocycles. The molecule has 1 aliphatic rings. The van der Waals surface area contributed by atoms with E-state index in [4.69, 9.17) is 4.74 Å². The van der Waals surface area contributed by atoms with E-state index in [2.05, 4.69) is 5.10 Å². The zero-order chi connectivity index (χ0) is 22.8. The highest BCUT2D eigenvalue weighted by molar-refractivity contribution is 6.13. The summed E-state index contributed by atoms with van der Waals surface area (Å²) in [6.07, 6.45) is -1.19. The zero-order valence-electron chi connectivity index (χ0n) is 17.2. The summed E-state index contributed by atoms with van der Waals surface area (Å²) in [5.41, 5.74) is 1.40. The van der Waals surface area contributed by atoms with Gasteiger partial charge in [0.1, 0.15) is 17.4 Å². The maximum absolute atomic E-state index is 14.5. The number of ether oxygens (including phenoxy) is 1. The van der Waals surface area contributed by atoms with E-state index in [1.165, 1.54) is 29.1 Å². The Bertz CT molecular complexity index is 1140. The van der Waals surface area contributed by atoms with Gasteiger partial charge in [-0.05, 0) is 42.8 Å². The highest BCUT2D eigenvalue weighted by Crippen LogP contribution is 2.33. The van der Waals surface area contributed by atoms with Gasteiger partial charge in [0.05, 0.1) is 23.5 Å². The fraction of sp³-hybridized carbons (Fsp3) is 0.261. The molecule has 9 heteroatoms. The van der Waals surface area contributed by atoms with Gasteiger partial charge < -0.3 is 9.64 Å². The monoisotopic (exact) mass is 443 g/mol. The SMILES string of the molecule is CCOC(=O)C1CN(Cc2ccc(-n3ccc(C(F)F)n3)cc2)c2cccc(F)c2C1=O. The lowest BCUT2D eigenvalue weighted by Gasteiger charge is -2.34. The van der Waals surface area contributed by atoms with Crippen molar-refractivity contribution in [3.8, 4) is 5.69 Å². The molecule has 0 spiro atoms. The summed E-state index contributed by atoms with van der Waals surface area (Å²) in [5.74, 6) is -3.07. The van der Waals surface area contributed by atoms with Crippen LogP contribution in [-0.4, -0.2) is 34.7 Å². The van der Waals surface area contributed by atoms with Gasteiger partial charge in [-0.3, -0.25) is 9.59 Å². The first-order valence-electron chi connectivity index (χ1n) is 10.1. The topological polar surface area (TPSA) is 64.4 Å². The van der Waals surface area contributed by atoms with Crippen molar-refractivity contribution in [3.05, 3.63) is 77.4 Å². The molecule has 1 unspecified atom stereocenters. The summed E-state index contributed by atoms with van der Waals surface area (Å²) >= 11 is 0. The number of alkyl halides is 2.